The fourth-order valence-corrected chi connectivity index (χ4v) is 2.56. The number of rotatable bonds is 1. The van der Waals surface area contributed by atoms with Crippen LogP contribution in [0, 0.1) is 0 Å². The SMILES string of the molecule is O/N=C1\CCCc2ccc(-c3ccccc3)cc21. The topological polar surface area (TPSA) is 32.6 Å². The number of oxime groups is 1. The van der Waals surface area contributed by atoms with E-state index in [4.69, 9.17) is 5.21 Å². The average Bonchev–Trinajstić information content (AvgIpc) is 2.47. The Hall–Kier alpha value is -2.09. The smallest absolute Gasteiger partial charge is 0.0870 e. The quantitative estimate of drug-likeness (QED) is 0.592. The first kappa shape index (κ1) is 11.0. The molecule has 2 heteroatoms. The van der Waals surface area contributed by atoms with Gasteiger partial charge in [-0.15, -0.1) is 0 Å². The number of fused-ring (bicyclic) bond motifs is 1. The maximum Gasteiger partial charge on any atom is 0.0870 e. The van der Waals surface area contributed by atoms with Crippen molar-refractivity contribution in [2.45, 2.75) is 19.3 Å². The minimum Gasteiger partial charge on any atom is -0.411 e. The van der Waals surface area contributed by atoms with Crippen LogP contribution < -0.4 is 0 Å². The Morgan fingerprint density at radius 1 is 0.889 bits per heavy atom. The van der Waals surface area contributed by atoms with E-state index in [1.165, 1.54) is 16.7 Å². The molecule has 0 atom stereocenters. The lowest BCUT2D eigenvalue weighted by Gasteiger charge is -2.17. The molecule has 0 saturated carbocycles. The molecule has 2 nitrogen and oxygen atoms in total. The van der Waals surface area contributed by atoms with E-state index in [9.17, 15) is 0 Å². The molecule has 0 amide bonds. The molecule has 1 aliphatic rings. The van der Waals surface area contributed by atoms with E-state index >= 15 is 0 Å². The van der Waals surface area contributed by atoms with Gasteiger partial charge in [0.2, 0.25) is 0 Å². The Balaban J connectivity index is 2.10. The molecule has 18 heavy (non-hydrogen) atoms. The lowest BCUT2D eigenvalue weighted by Crippen LogP contribution is -2.11. The highest BCUT2D eigenvalue weighted by Gasteiger charge is 2.16. The molecule has 0 spiro atoms. The summed E-state index contributed by atoms with van der Waals surface area (Å²) in [5.41, 5.74) is 5.58. The largest absolute Gasteiger partial charge is 0.411 e. The number of benzene rings is 2. The van der Waals surface area contributed by atoms with Crippen LogP contribution >= 0.6 is 0 Å². The van der Waals surface area contributed by atoms with Crippen LogP contribution in [0.25, 0.3) is 11.1 Å². The first-order chi connectivity index (χ1) is 8.88. The second-order valence-electron chi connectivity index (χ2n) is 4.64. The summed E-state index contributed by atoms with van der Waals surface area (Å²) in [6.07, 6.45) is 3.00. The normalized spacial score (nSPS) is 16.6. The van der Waals surface area contributed by atoms with Crippen LogP contribution in [0.4, 0.5) is 0 Å². The highest BCUT2D eigenvalue weighted by Crippen LogP contribution is 2.27. The number of hydrogen-bond acceptors (Lipinski definition) is 2. The molecule has 3 rings (SSSR count). The van der Waals surface area contributed by atoms with Crippen LogP contribution in [0.15, 0.2) is 53.7 Å². The van der Waals surface area contributed by atoms with Crippen molar-refractivity contribution in [3.8, 4) is 11.1 Å². The van der Waals surface area contributed by atoms with Gasteiger partial charge >= 0.3 is 0 Å². The van der Waals surface area contributed by atoms with Gasteiger partial charge in [0, 0.05) is 5.56 Å². The number of aryl methyl sites for hydroxylation is 1. The molecule has 0 bridgehead atoms. The maximum absolute atomic E-state index is 9.09. The van der Waals surface area contributed by atoms with Gasteiger partial charge in [0.15, 0.2) is 0 Å². The molecule has 1 aliphatic carbocycles. The van der Waals surface area contributed by atoms with E-state index in [0.29, 0.717) is 0 Å². The minimum atomic E-state index is 0.814. The molecule has 0 fully saturated rings. The molecule has 2 aromatic carbocycles. The standard InChI is InChI=1S/C16H15NO/c18-17-16-8-4-7-13-9-10-14(11-15(13)16)12-5-2-1-3-6-12/h1-3,5-6,9-11,18H,4,7-8H2/b17-16+. The van der Waals surface area contributed by atoms with Gasteiger partial charge in [0.25, 0.3) is 0 Å². The van der Waals surface area contributed by atoms with Crippen LogP contribution in [-0.2, 0) is 6.42 Å². The Labute approximate surface area is 107 Å². The van der Waals surface area contributed by atoms with E-state index in [-0.39, 0.29) is 0 Å². The zero-order valence-corrected chi connectivity index (χ0v) is 10.1. The predicted octanol–water partition coefficient (Wildman–Crippen LogP) is 3.87. The molecule has 2 aromatic rings. The van der Waals surface area contributed by atoms with Gasteiger partial charge in [-0.25, -0.2) is 0 Å². The summed E-state index contributed by atoms with van der Waals surface area (Å²) in [5, 5.41) is 12.5. The zero-order valence-electron chi connectivity index (χ0n) is 10.1. The molecule has 0 saturated heterocycles. The van der Waals surface area contributed by atoms with E-state index in [1.54, 1.807) is 0 Å². The van der Waals surface area contributed by atoms with Crippen LogP contribution in [0.1, 0.15) is 24.0 Å². The van der Waals surface area contributed by atoms with Gasteiger partial charge < -0.3 is 5.21 Å². The molecule has 0 unspecified atom stereocenters. The van der Waals surface area contributed by atoms with E-state index in [1.807, 2.05) is 18.2 Å². The van der Waals surface area contributed by atoms with Crippen LogP contribution in [-0.4, -0.2) is 10.9 Å². The Kier molecular flexibility index (Phi) is 2.85. The van der Waals surface area contributed by atoms with E-state index in [0.717, 1.165) is 30.5 Å². The molecule has 0 radical (unpaired) electrons. The summed E-state index contributed by atoms with van der Waals surface area (Å²) >= 11 is 0. The highest BCUT2D eigenvalue weighted by molar-refractivity contribution is 6.03. The first-order valence-corrected chi connectivity index (χ1v) is 6.28. The van der Waals surface area contributed by atoms with Crippen molar-refractivity contribution in [3.63, 3.8) is 0 Å². The molecular formula is C16H15NO. The van der Waals surface area contributed by atoms with E-state index in [2.05, 4.69) is 35.5 Å². The van der Waals surface area contributed by atoms with Gasteiger partial charge in [0.05, 0.1) is 5.71 Å². The Morgan fingerprint density at radius 3 is 2.50 bits per heavy atom. The third-order valence-corrected chi connectivity index (χ3v) is 3.51. The number of hydrogen-bond donors (Lipinski definition) is 1. The third kappa shape index (κ3) is 1.90. The fraction of sp³-hybridized carbons (Fsp3) is 0.188. The Morgan fingerprint density at radius 2 is 1.72 bits per heavy atom. The van der Waals surface area contributed by atoms with Crippen LogP contribution in [0.2, 0.25) is 0 Å². The summed E-state index contributed by atoms with van der Waals surface area (Å²) in [7, 11) is 0. The van der Waals surface area contributed by atoms with Crippen molar-refractivity contribution in [1.29, 1.82) is 0 Å². The van der Waals surface area contributed by atoms with Gasteiger partial charge in [-0.3, -0.25) is 0 Å². The van der Waals surface area contributed by atoms with Crippen molar-refractivity contribution < 1.29 is 5.21 Å². The molecule has 90 valence electrons. The fourth-order valence-electron chi connectivity index (χ4n) is 2.56. The van der Waals surface area contributed by atoms with Gasteiger partial charge in [-0.05, 0) is 42.0 Å². The molecule has 1 N–H and O–H groups in total. The van der Waals surface area contributed by atoms with Gasteiger partial charge in [-0.2, -0.15) is 0 Å². The summed E-state index contributed by atoms with van der Waals surface area (Å²) < 4.78 is 0. The van der Waals surface area contributed by atoms with Crippen molar-refractivity contribution in [2.24, 2.45) is 5.16 Å². The van der Waals surface area contributed by atoms with Crippen molar-refractivity contribution in [3.05, 3.63) is 59.7 Å². The minimum absolute atomic E-state index is 0.814. The van der Waals surface area contributed by atoms with Crippen molar-refractivity contribution in [1.82, 2.24) is 0 Å². The summed E-state index contributed by atoms with van der Waals surface area (Å²) in [5.74, 6) is 0. The van der Waals surface area contributed by atoms with Crippen LogP contribution in [0.5, 0.6) is 0 Å². The Bertz CT molecular complexity index is 587. The molecule has 0 heterocycles. The molecule has 0 aliphatic heterocycles. The van der Waals surface area contributed by atoms with Crippen molar-refractivity contribution >= 4 is 5.71 Å². The monoisotopic (exact) mass is 237 g/mol. The van der Waals surface area contributed by atoms with Crippen LogP contribution in [0.3, 0.4) is 0 Å². The second kappa shape index (κ2) is 4.65. The second-order valence-corrected chi connectivity index (χ2v) is 4.64. The summed E-state index contributed by atoms with van der Waals surface area (Å²) in [4.78, 5) is 0. The predicted molar refractivity (Wildman–Crippen MR) is 73.1 cm³/mol. The maximum atomic E-state index is 9.09. The van der Waals surface area contributed by atoms with Gasteiger partial charge in [0.1, 0.15) is 0 Å². The summed E-state index contributed by atoms with van der Waals surface area (Å²) in [6.45, 7) is 0. The molecular weight excluding hydrogens is 222 g/mol. The van der Waals surface area contributed by atoms with Gasteiger partial charge in [-0.1, -0.05) is 47.6 Å². The molecule has 0 aromatic heterocycles. The lowest BCUT2D eigenvalue weighted by atomic mass is 9.88. The lowest BCUT2D eigenvalue weighted by molar-refractivity contribution is 0.317. The summed E-state index contributed by atoms with van der Waals surface area (Å²) in [6, 6.07) is 16.7. The number of nitrogens with zero attached hydrogens (tertiary/aromatic N) is 1. The zero-order chi connectivity index (χ0) is 12.4. The highest BCUT2D eigenvalue weighted by atomic mass is 16.4. The first-order valence-electron chi connectivity index (χ1n) is 6.28. The van der Waals surface area contributed by atoms with E-state index < -0.39 is 0 Å². The third-order valence-electron chi connectivity index (χ3n) is 3.51. The van der Waals surface area contributed by atoms with Crippen molar-refractivity contribution in [2.75, 3.05) is 0 Å². The average molecular weight is 237 g/mol.